The number of aromatic nitrogens is 1. The normalized spacial score (nSPS) is 15.6. The molecule has 2 heterocycles. The third kappa shape index (κ3) is 5.17. The standard InChI is InChI=1S/C15H23N3O2.ClH/c1-16-8-5-13-6-10-17(11-7-13)15(20)12-18-9-3-2-4-14(18)19;/h2-4,9,13,16H,5-8,10-12H2,1H3;1H. The smallest absolute Gasteiger partial charge is 0.250 e. The van der Waals surface area contributed by atoms with Gasteiger partial charge in [-0.15, -0.1) is 12.4 Å². The van der Waals surface area contributed by atoms with Gasteiger partial charge in [-0.05, 0) is 44.8 Å². The predicted octanol–water partition coefficient (Wildman–Crippen LogP) is 1.12. The Morgan fingerprint density at radius 3 is 2.67 bits per heavy atom. The van der Waals surface area contributed by atoms with Crippen LogP contribution in [0, 0.1) is 5.92 Å². The molecule has 21 heavy (non-hydrogen) atoms. The second-order valence-electron chi connectivity index (χ2n) is 5.38. The summed E-state index contributed by atoms with van der Waals surface area (Å²) < 4.78 is 1.47. The zero-order valence-electron chi connectivity index (χ0n) is 12.5. The molecule has 6 heteroatoms. The van der Waals surface area contributed by atoms with Gasteiger partial charge in [0.2, 0.25) is 5.91 Å². The van der Waals surface area contributed by atoms with E-state index in [9.17, 15) is 9.59 Å². The minimum Gasteiger partial charge on any atom is -0.341 e. The van der Waals surface area contributed by atoms with E-state index in [4.69, 9.17) is 0 Å². The van der Waals surface area contributed by atoms with Crippen LogP contribution in [-0.2, 0) is 11.3 Å². The molecule has 0 bridgehead atoms. The number of nitrogens with zero attached hydrogens (tertiary/aromatic N) is 2. The second kappa shape index (κ2) is 8.85. The number of pyridine rings is 1. The molecule has 0 aromatic carbocycles. The molecule has 2 rings (SSSR count). The van der Waals surface area contributed by atoms with E-state index in [-0.39, 0.29) is 30.4 Å². The first-order valence-electron chi connectivity index (χ1n) is 7.28. The summed E-state index contributed by atoms with van der Waals surface area (Å²) in [6.07, 6.45) is 4.98. The van der Waals surface area contributed by atoms with Gasteiger partial charge in [0, 0.05) is 25.4 Å². The van der Waals surface area contributed by atoms with E-state index in [1.54, 1.807) is 18.3 Å². The van der Waals surface area contributed by atoms with E-state index in [1.165, 1.54) is 17.1 Å². The highest BCUT2D eigenvalue weighted by Crippen LogP contribution is 2.20. The number of halogens is 1. The van der Waals surface area contributed by atoms with Crippen molar-refractivity contribution < 1.29 is 4.79 Å². The third-order valence-corrected chi connectivity index (χ3v) is 3.97. The van der Waals surface area contributed by atoms with Crippen molar-refractivity contribution >= 4 is 18.3 Å². The highest BCUT2D eigenvalue weighted by Gasteiger charge is 2.22. The fourth-order valence-corrected chi connectivity index (χ4v) is 2.66. The molecule has 1 N–H and O–H groups in total. The van der Waals surface area contributed by atoms with Crippen molar-refractivity contribution in [2.45, 2.75) is 25.8 Å². The fourth-order valence-electron chi connectivity index (χ4n) is 2.66. The zero-order chi connectivity index (χ0) is 14.4. The maximum Gasteiger partial charge on any atom is 0.250 e. The Bertz CT molecular complexity index is 496. The van der Waals surface area contributed by atoms with Gasteiger partial charge in [0.25, 0.3) is 5.56 Å². The Kier molecular flexibility index (Phi) is 7.47. The van der Waals surface area contributed by atoms with Crippen molar-refractivity contribution in [1.82, 2.24) is 14.8 Å². The van der Waals surface area contributed by atoms with E-state index in [2.05, 4.69) is 5.32 Å². The van der Waals surface area contributed by atoms with E-state index in [0.29, 0.717) is 5.92 Å². The molecule has 1 fully saturated rings. The first-order valence-corrected chi connectivity index (χ1v) is 7.28. The third-order valence-electron chi connectivity index (χ3n) is 3.97. The van der Waals surface area contributed by atoms with Crippen LogP contribution in [0.25, 0.3) is 0 Å². The lowest BCUT2D eigenvalue weighted by Crippen LogP contribution is -2.41. The topological polar surface area (TPSA) is 54.3 Å². The van der Waals surface area contributed by atoms with Crippen LogP contribution in [0.15, 0.2) is 29.2 Å². The molecule has 1 aliphatic rings. The number of piperidine rings is 1. The van der Waals surface area contributed by atoms with E-state index >= 15 is 0 Å². The molecule has 1 aliphatic heterocycles. The van der Waals surface area contributed by atoms with Crippen molar-refractivity contribution in [3.63, 3.8) is 0 Å². The minimum atomic E-state index is -0.121. The lowest BCUT2D eigenvalue weighted by Gasteiger charge is -2.32. The lowest BCUT2D eigenvalue weighted by molar-refractivity contribution is -0.133. The van der Waals surface area contributed by atoms with Gasteiger partial charge in [0.05, 0.1) is 0 Å². The number of nitrogens with one attached hydrogen (secondary N) is 1. The molecule has 1 aromatic rings. The SMILES string of the molecule is CNCCC1CCN(C(=O)Cn2ccccc2=O)CC1.Cl. The quantitative estimate of drug-likeness (QED) is 0.886. The maximum absolute atomic E-state index is 12.2. The lowest BCUT2D eigenvalue weighted by atomic mass is 9.93. The highest BCUT2D eigenvalue weighted by atomic mass is 35.5. The monoisotopic (exact) mass is 313 g/mol. The van der Waals surface area contributed by atoms with E-state index in [0.717, 1.165) is 32.5 Å². The van der Waals surface area contributed by atoms with Gasteiger partial charge in [-0.25, -0.2) is 0 Å². The summed E-state index contributed by atoms with van der Waals surface area (Å²) >= 11 is 0. The number of hydrogen-bond donors (Lipinski definition) is 1. The molecular formula is C15H24ClN3O2. The van der Waals surface area contributed by atoms with Crippen LogP contribution in [0.1, 0.15) is 19.3 Å². The number of likely N-dealkylation sites (tertiary alicyclic amines) is 1. The number of rotatable bonds is 5. The Morgan fingerprint density at radius 2 is 2.05 bits per heavy atom. The summed E-state index contributed by atoms with van der Waals surface area (Å²) in [6, 6.07) is 4.95. The van der Waals surface area contributed by atoms with Crippen molar-refractivity contribution in [1.29, 1.82) is 0 Å². The van der Waals surface area contributed by atoms with Gasteiger partial charge in [0.1, 0.15) is 6.54 Å². The zero-order valence-corrected chi connectivity index (χ0v) is 13.3. The molecule has 1 amide bonds. The first-order chi connectivity index (χ1) is 9.70. The number of hydrogen-bond acceptors (Lipinski definition) is 3. The van der Waals surface area contributed by atoms with Crippen molar-refractivity contribution in [2.75, 3.05) is 26.7 Å². The number of carbonyl (C=O) groups excluding carboxylic acids is 1. The van der Waals surface area contributed by atoms with Gasteiger partial charge in [-0.2, -0.15) is 0 Å². The van der Waals surface area contributed by atoms with Crippen LogP contribution < -0.4 is 10.9 Å². The van der Waals surface area contributed by atoms with Crippen LogP contribution in [0.5, 0.6) is 0 Å². The first kappa shape index (κ1) is 17.7. The average Bonchev–Trinajstić information content (AvgIpc) is 2.48. The Labute approximate surface area is 131 Å². The Hall–Kier alpha value is -1.33. The molecule has 1 saturated heterocycles. The Balaban J connectivity index is 0.00000220. The summed E-state index contributed by atoms with van der Waals surface area (Å²) in [5.74, 6) is 0.760. The van der Waals surface area contributed by atoms with Crippen LogP contribution in [-0.4, -0.2) is 42.1 Å². The van der Waals surface area contributed by atoms with E-state index in [1.807, 2.05) is 11.9 Å². The number of amides is 1. The van der Waals surface area contributed by atoms with Gasteiger partial charge in [0.15, 0.2) is 0 Å². The highest BCUT2D eigenvalue weighted by molar-refractivity contribution is 5.85. The average molecular weight is 314 g/mol. The van der Waals surface area contributed by atoms with Crippen LogP contribution in [0.3, 0.4) is 0 Å². The molecule has 0 unspecified atom stereocenters. The molecule has 0 spiro atoms. The van der Waals surface area contributed by atoms with Gasteiger partial charge in [-0.1, -0.05) is 6.07 Å². The van der Waals surface area contributed by atoms with Gasteiger partial charge >= 0.3 is 0 Å². The van der Waals surface area contributed by atoms with Crippen LogP contribution in [0.4, 0.5) is 0 Å². The summed E-state index contributed by atoms with van der Waals surface area (Å²) in [7, 11) is 1.97. The molecule has 0 radical (unpaired) electrons. The summed E-state index contributed by atoms with van der Waals surface area (Å²) in [4.78, 5) is 25.7. The van der Waals surface area contributed by atoms with Crippen LogP contribution >= 0.6 is 12.4 Å². The second-order valence-corrected chi connectivity index (χ2v) is 5.38. The Morgan fingerprint density at radius 1 is 1.33 bits per heavy atom. The van der Waals surface area contributed by atoms with Crippen LogP contribution in [0.2, 0.25) is 0 Å². The molecule has 0 atom stereocenters. The summed E-state index contributed by atoms with van der Waals surface area (Å²) in [5.41, 5.74) is -0.121. The molecule has 118 valence electrons. The minimum absolute atomic E-state index is 0. The van der Waals surface area contributed by atoms with Crippen molar-refractivity contribution in [2.24, 2.45) is 5.92 Å². The molecule has 5 nitrogen and oxygen atoms in total. The molecule has 0 aliphatic carbocycles. The van der Waals surface area contributed by atoms with Crippen molar-refractivity contribution in [3.05, 3.63) is 34.7 Å². The molecular weight excluding hydrogens is 290 g/mol. The maximum atomic E-state index is 12.2. The molecule has 0 saturated carbocycles. The van der Waals surface area contributed by atoms with Gasteiger partial charge < -0.3 is 14.8 Å². The predicted molar refractivity (Wildman–Crippen MR) is 85.8 cm³/mol. The number of carbonyl (C=O) groups is 1. The molecule has 1 aromatic heterocycles. The van der Waals surface area contributed by atoms with Gasteiger partial charge in [-0.3, -0.25) is 9.59 Å². The summed E-state index contributed by atoms with van der Waals surface area (Å²) in [6.45, 7) is 2.82. The van der Waals surface area contributed by atoms with Crippen molar-refractivity contribution in [3.8, 4) is 0 Å². The largest absolute Gasteiger partial charge is 0.341 e. The van der Waals surface area contributed by atoms with E-state index < -0.39 is 0 Å². The summed E-state index contributed by atoms with van der Waals surface area (Å²) in [5, 5.41) is 3.17. The fraction of sp³-hybridized carbons (Fsp3) is 0.600.